The summed E-state index contributed by atoms with van der Waals surface area (Å²) in [4.78, 5) is 22.1. The predicted octanol–water partition coefficient (Wildman–Crippen LogP) is 2.38. The maximum absolute atomic E-state index is 12.8. The molecular formula is C23H23N7O3. The smallest absolute Gasteiger partial charge is 0.289 e. The maximum Gasteiger partial charge on any atom is 0.289 e. The van der Waals surface area contributed by atoms with Gasteiger partial charge in [-0.25, -0.2) is 0 Å². The van der Waals surface area contributed by atoms with E-state index in [9.17, 15) is 4.79 Å². The van der Waals surface area contributed by atoms with Crippen molar-refractivity contribution in [3.05, 3.63) is 71.6 Å². The number of likely N-dealkylation sites (N-methyl/N-ethyl adjacent to an activating group) is 1. The molecule has 1 aliphatic heterocycles. The zero-order valence-electron chi connectivity index (χ0n) is 18.3. The Bertz CT molecular complexity index is 1270. The second kappa shape index (κ2) is 8.73. The Kier molecular flexibility index (Phi) is 5.47. The zero-order valence-corrected chi connectivity index (χ0v) is 18.3. The Labute approximate surface area is 190 Å². The molecule has 0 fully saturated rings. The molecular weight excluding hydrogens is 422 g/mol. The molecule has 1 atom stereocenters. The second-order valence-corrected chi connectivity index (χ2v) is 7.97. The molecule has 5 rings (SSSR count). The number of aryl methyl sites for hydroxylation is 1. The van der Waals surface area contributed by atoms with E-state index in [1.807, 2.05) is 60.5 Å². The number of hydrogen-bond donors (Lipinski definition) is 2. The third-order valence-corrected chi connectivity index (χ3v) is 5.38. The van der Waals surface area contributed by atoms with Crippen molar-refractivity contribution in [2.75, 3.05) is 25.1 Å². The fourth-order valence-corrected chi connectivity index (χ4v) is 3.77. The molecule has 1 amide bonds. The van der Waals surface area contributed by atoms with Gasteiger partial charge in [0.15, 0.2) is 5.82 Å². The molecule has 2 aromatic carbocycles. The molecule has 3 heterocycles. The molecule has 0 bridgehead atoms. The van der Waals surface area contributed by atoms with Crippen molar-refractivity contribution < 1.29 is 14.1 Å². The Morgan fingerprint density at radius 2 is 2.06 bits per heavy atom. The van der Waals surface area contributed by atoms with Crippen LogP contribution in [0.3, 0.4) is 0 Å². The predicted molar refractivity (Wildman–Crippen MR) is 120 cm³/mol. The molecule has 0 saturated heterocycles. The number of amides is 1. The van der Waals surface area contributed by atoms with E-state index in [1.165, 1.54) is 0 Å². The first kappa shape index (κ1) is 20.7. The van der Waals surface area contributed by atoms with Crippen LogP contribution in [0.5, 0.6) is 5.75 Å². The lowest BCUT2D eigenvalue weighted by Crippen LogP contribution is -2.45. The fourth-order valence-electron chi connectivity index (χ4n) is 3.77. The van der Waals surface area contributed by atoms with E-state index in [-0.39, 0.29) is 17.8 Å². The highest BCUT2D eigenvalue weighted by Crippen LogP contribution is 2.34. The monoisotopic (exact) mass is 445 g/mol. The SMILES string of the molecule is Cc1noc(-c2ccc3c(c2)N(C)CC(NC(=O)c2nnc(Cc4ccccc4)[nH]2)CO3)n1. The summed E-state index contributed by atoms with van der Waals surface area (Å²) in [6.07, 6.45) is 0.577. The molecule has 4 aromatic rings. The Morgan fingerprint density at radius 3 is 2.85 bits per heavy atom. The van der Waals surface area contributed by atoms with Gasteiger partial charge in [0, 0.05) is 25.6 Å². The number of benzene rings is 2. The first-order valence-corrected chi connectivity index (χ1v) is 10.6. The minimum absolute atomic E-state index is 0.180. The van der Waals surface area contributed by atoms with Gasteiger partial charge in [0.25, 0.3) is 11.8 Å². The van der Waals surface area contributed by atoms with Gasteiger partial charge in [-0.05, 0) is 30.7 Å². The number of carbonyl (C=O) groups excluding carboxylic acids is 1. The van der Waals surface area contributed by atoms with Crippen LogP contribution in [0.4, 0.5) is 5.69 Å². The van der Waals surface area contributed by atoms with Crippen molar-refractivity contribution in [3.8, 4) is 17.2 Å². The van der Waals surface area contributed by atoms with Crippen LogP contribution in [-0.2, 0) is 6.42 Å². The number of aromatic nitrogens is 5. The number of aromatic amines is 1. The van der Waals surface area contributed by atoms with E-state index in [2.05, 4.69) is 30.6 Å². The Morgan fingerprint density at radius 1 is 1.21 bits per heavy atom. The van der Waals surface area contributed by atoms with E-state index in [1.54, 1.807) is 6.92 Å². The van der Waals surface area contributed by atoms with Crippen LogP contribution in [0.1, 0.15) is 27.8 Å². The van der Waals surface area contributed by atoms with Gasteiger partial charge in [0.05, 0.1) is 11.7 Å². The summed E-state index contributed by atoms with van der Waals surface area (Å²) in [6, 6.07) is 15.3. The van der Waals surface area contributed by atoms with E-state index in [4.69, 9.17) is 9.26 Å². The van der Waals surface area contributed by atoms with Crippen LogP contribution in [0, 0.1) is 6.92 Å². The number of ether oxygens (including phenoxy) is 1. The van der Waals surface area contributed by atoms with Crippen molar-refractivity contribution in [1.82, 2.24) is 30.6 Å². The van der Waals surface area contributed by atoms with Gasteiger partial charge in [-0.15, -0.1) is 10.2 Å². The minimum atomic E-state index is -0.322. The molecule has 0 aliphatic carbocycles. The first-order chi connectivity index (χ1) is 16.0. The average Bonchev–Trinajstić information content (AvgIpc) is 3.43. The van der Waals surface area contributed by atoms with E-state index >= 15 is 0 Å². The molecule has 2 aromatic heterocycles. The fraction of sp³-hybridized carbons (Fsp3) is 0.261. The van der Waals surface area contributed by atoms with Gasteiger partial charge in [-0.1, -0.05) is 35.5 Å². The molecule has 0 radical (unpaired) electrons. The van der Waals surface area contributed by atoms with Crippen LogP contribution >= 0.6 is 0 Å². The van der Waals surface area contributed by atoms with Gasteiger partial charge in [0.1, 0.15) is 18.2 Å². The van der Waals surface area contributed by atoms with Gasteiger partial charge >= 0.3 is 0 Å². The summed E-state index contributed by atoms with van der Waals surface area (Å²) in [5.74, 6) is 2.24. The highest BCUT2D eigenvalue weighted by Gasteiger charge is 2.25. The van der Waals surface area contributed by atoms with Gasteiger partial charge in [-0.3, -0.25) is 4.79 Å². The average molecular weight is 445 g/mol. The van der Waals surface area contributed by atoms with Crippen LogP contribution in [0.15, 0.2) is 53.1 Å². The Hall–Kier alpha value is -4.21. The quantitative estimate of drug-likeness (QED) is 0.480. The van der Waals surface area contributed by atoms with Crippen LogP contribution in [-0.4, -0.2) is 57.5 Å². The minimum Gasteiger partial charge on any atom is -0.489 e. The third-order valence-electron chi connectivity index (χ3n) is 5.38. The van der Waals surface area contributed by atoms with Crippen LogP contribution in [0.2, 0.25) is 0 Å². The van der Waals surface area contributed by atoms with E-state index < -0.39 is 0 Å². The highest BCUT2D eigenvalue weighted by atomic mass is 16.5. The van der Waals surface area contributed by atoms with Gasteiger partial charge in [-0.2, -0.15) is 4.98 Å². The number of anilines is 1. The van der Waals surface area contributed by atoms with Crippen molar-refractivity contribution in [1.29, 1.82) is 0 Å². The lowest BCUT2D eigenvalue weighted by Gasteiger charge is -2.22. The molecule has 10 nitrogen and oxygen atoms in total. The van der Waals surface area contributed by atoms with Crippen LogP contribution < -0.4 is 15.0 Å². The number of fused-ring (bicyclic) bond motifs is 1. The van der Waals surface area contributed by atoms with E-state index in [0.717, 1.165) is 22.6 Å². The lowest BCUT2D eigenvalue weighted by molar-refractivity contribution is 0.0915. The number of nitrogens with one attached hydrogen (secondary N) is 2. The van der Waals surface area contributed by atoms with Crippen molar-refractivity contribution in [2.24, 2.45) is 0 Å². The molecule has 1 aliphatic rings. The molecule has 0 spiro atoms. The number of rotatable bonds is 5. The van der Waals surface area contributed by atoms with Gasteiger partial charge < -0.3 is 24.5 Å². The van der Waals surface area contributed by atoms with E-state index in [0.29, 0.717) is 37.1 Å². The number of H-pyrrole nitrogens is 1. The molecule has 33 heavy (non-hydrogen) atoms. The topological polar surface area (TPSA) is 122 Å². The number of hydrogen-bond acceptors (Lipinski definition) is 8. The molecule has 10 heteroatoms. The first-order valence-electron chi connectivity index (χ1n) is 10.6. The van der Waals surface area contributed by atoms with Crippen LogP contribution in [0.25, 0.3) is 11.5 Å². The van der Waals surface area contributed by atoms with Gasteiger partial charge in [0.2, 0.25) is 5.82 Å². The number of nitrogens with zero attached hydrogens (tertiary/aromatic N) is 5. The lowest BCUT2D eigenvalue weighted by atomic mass is 10.1. The Balaban J connectivity index is 1.25. The molecule has 168 valence electrons. The van der Waals surface area contributed by atoms with Crippen molar-refractivity contribution >= 4 is 11.6 Å². The summed E-state index contributed by atoms with van der Waals surface area (Å²) in [7, 11) is 1.95. The summed E-state index contributed by atoms with van der Waals surface area (Å²) in [5, 5.41) is 15.0. The highest BCUT2D eigenvalue weighted by molar-refractivity contribution is 5.90. The summed E-state index contributed by atoms with van der Waals surface area (Å²) >= 11 is 0. The van der Waals surface area contributed by atoms with Crippen molar-refractivity contribution in [3.63, 3.8) is 0 Å². The largest absolute Gasteiger partial charge is 0.489 e. The molecule has 1 unspecified atom stereocenters. The maximum atomic E-state index is 12.8. The summed E-state index contributed by atoms with van der Waals surface area (Å²) < 4.78 is 11.3. The standard InChI is InChI=1S/C23H23N7O3/c1-14-24-23(33-29-14)16-8-9-19-18(11-16)30(2)12-17(13-32-19)25-22(31)21-26-20(27-28-21)10-15-6-4-3-5-7-15/h3-9,11,17H,10,12-13H2,1-2H3,(H,25,31)(H,26,27,28). The molecule has 2 N–H and O–H groups in total. The summed E-state index contributed by atoms with van der Waals surface area (Å²) in [6.45, 7) is 2.65. The second-order valence-electron chi connectivity index (χ2n) is 7.97. The third kappa shape index (κ3) is 4.54. The van der Waals surface area contributed by atoms with Crippen molar-refractivity contribution in [2.45, 2.75) is 19.4 Å². The zero-order chi connectivity index (χ0) is 22.8. The normalized spacial score (nSPS) is 15.5. The summed E-state index contributed by atoms with van der Waals surface area (Å²) in [5.41, 5.74) is 2.78. The molecule has 0 saturated carbocycles. The number of carbonyl (C=O) groups is 1.